The Morgan fingerprint density at radius 3 is 2.55 bits per heavy atom. The molecule has 0 spiro atoms. The van der Waals surface area contributed by atoms with Gasteiger partial charge in [-0.25, -0.2) is 9.18 Å². The van der Waals surface area contributed by atoms with Crippen molar-refractivity contribution in [3.8, 4) is 11.5 Å². The Bertz CT molecular complexity index is 1410. The van der Waals surface area contributed by atoms with E-state index in [-0.39, 0.29) is 30.3 Å². The number of carbonyl (C=O) groups excluding carboxylic acids is 3. The smallest absolute Gasteiger partial charge is 0.329 e. The Morgan fingerprint density at radius 1 is 1.11 bits per heavy atom. The number of ether oxygens (including phenoxy) is 2. The van der Waals surface area contributed by atoms with Crippen molar-refractivity contribution in [2.24, 2.45) is 0 Å². The average molecular weight is 582 g/mol. The zero-order valence-corrected chi connectivity index (χ0v) is 22.3. The number of nitrogens with zero attached hydrogens (tertiary/aromatic N) is 1. The molecular formula is C28H25BrFN3O5. The third-order valence-corrected chi connectivity index (χ3v) is 6.16. The van der Waals surface area contributed by atoms with Gasteiger partial charge in [0.2, 0.25) is 0 Å². The van der Waals surface area contributed by atoms with Gasteiger partial charge in [0.1, 0.15) is 11.5 Å². The molecule has 8 nitrogen and oxygen atoms in total. The summed E-state index contributed by atoms with van der Waals surface area (Å²) in [5.41, 5.74) is 2.53. The van der Waals surface area contributed by atoms with Crippen LogP contribution in [0.5, 0.6) is 11.5 Å². The molecule has 0 radical (unpaired) electrons. The summed E-state index contributed by atoms with van der Waals surface area (Å²) in [6, 6.07) is 16.0. The van der Waals surface area contributed by atoms with Crippen LogP contribution in [0.4, 0.5) is 14.9 Å². The van der Waals surface area contributed by atoms with E-state index in [1.165, 1.54) is 24.3 Å². The molecule has 1 saturated heterocycles. The highest BCUT2D eigenvalue weighted by Gasteiger charge is 2.34. The standard InChI is InChI=1S/C28H25BrFN3O5/c1-3-37-24-14-18(12-21(29)26(24)38-16-25(34)31-20-10-8-17(2)9-11-20)13-23-27(35)33(28(36)32-23)15-19-6-4-5-7-22(19)30/h4-14H,3,15-16H2,1-2H3,(H,31,34)(H,32,36)/b23-13+. The normalized spacial score (nSPS) is 14.0. The van der Waals surface area contributed by atoms with Crippen molar-refractivity contribution < 1.29 is 28.2 Å². The van der Waals surface area contributed by atoms with Crippen LogP contribution in [0.2, 0.25) is 0 Å². The molecule has 38 heavy (non-hydrogen) atoms. The number of anilines is 1. The number of halogens is 2. The predicted octanol–water partition coefficient (Wildman–Crippen LogP) is 5.41. The first kappa shape index (κ1) is 26.9. The molecule has 1 aliphatic heterocycles. The number of benzene rings is 3. The van der Waals surface area contributed by atoms with Crippen LogP contribution in [0.25, 0.3) is 6.08 Å². The molecule has 10 heteroatoms. The van der Waals surface area contributed by atoms with Crippen molar-refractivity contribution in [2.75, 3.05) is 18.5 Å². The number of carbonyl (C=O) groups is 3. The molecule has 0 unspecified atom stereocenters. The Kier molecular flexibility index (Phi) is 8.42. The SMILES string of the molecule is CCOc1cc(/C=C2/NC(=O)N(Cc3ccccc3F)C2=O)cc(Br)c1OCC(=O)Nc1ccc(C)cc1. The minimum absolute atomic E-state index is 0.0341. The maximum Gasteiger partial charge on any atom is 0.329 e. The average Bonchev–Trinajstić information content (AvgIpc) is 3.13. The number of urea groups is 1. The van der Waals surface area contributed by atoms with Crippen LogP contribution in [-0.2, 0) is 16.1 Å². The summed E-state index contributed by atoms with van der Waals surface area (Å²) in [5, 5.41) is 5.30. The second-order valence-corrected chi connectivity index (χ2v) is 9.29. The summed E-state index contributed by atoms with van der Waals surface area (Å²) in [6.07, 6.45) is 1.49. The summed E-state index contributed by atoms with van der Waals surface area (Å²) in [7, 11) is 0. The van der Waals surface area contributed by atoms with Crippen LogP contribution in [0.15, 0.2) is 70.8 Å². The first-order chi connectivity index (χ1) is 18.2. The number of aryl methyl sites for hydroxylation is 1. The van der Waals surface area contributed by atoms with Gasteiger partial charge in [-0.3, -0.25) is 14.5 Å². The van der Waals surface area contributed by atoms with Crippen molar-refractivity contribution in [1.29, 1.82) is 0 Å². The number of imide groups is 1. The molecular weight excluding hydrogens is 557 g/mol. The molecule has 0 aliphatic carbocycles. The predicted molar refractivity (Wildman–Crippen MR) is 144 cm³/mol. The second kappa shape index (κ2) is 11.9. The summed E-state index contributed by atoms with van der Waals surface area (Å²) >= 11 is 3.44. The Labute approximate surface area is 227 Å². The first-order valence-electron chi connectivity index (χ1n) is 11.8. The second-order valence-electron chi connectivity index (χ2n) is 8.44. The van der Waals surface area contributed by atoms with E-state index in [4.69, 9.17) is 9.47 Å². The quantitative estimate of drug-likeness (QED) is 0.260. The molecule has 0 atom stereocenters. The van der Waals surface area contributed by atoms with Gasteiger partial charge < -0.3 is 20.1 Å². The molecule has 4 amide bonds. The molecule has 1 heterocycles. The van der Waals surface area contributed by atoms with E-state index in [2.05, 4.69) is 26.6 Å². The molecule has 3 aromatic rings. The third kappa shape index (κ3) is 6.38. The Balaban J connectivity index is 1.49. The van der Waals surface area contributed by atoms with Gasteiger partial charge in [-0.1, -0.05) is 35.9 Å². The number of amides is 4. The number of rotatable bonds is 9. The molecule has 2 N–H and O–H groups in total. The van der Waals surface area contributed by atoms with Gasteiger partial charge in [-0.2, -0.15) is 0 Å². The zero-order valence-electron chi connectivity index (χ0n) is 20.7. The third-order valence-electron chi connectivity index (χ3n) is 5.57. The highest BCUT2D eigenvalue weighted by molar-refractivity contribution is 9.10. The highest BCUT2D eigenvalue weighted by atomic mass is 79.9. The molecule has 1 aliphatic rings. The van der Waals surface area contributed by atoms with E-state index in [1.54, 1.807) is 37.3 Å². The number of hydrogen-bond donors (Lipinski definition) is 2. The van der Waals surface area contributed by atoms with E-state index >= 15 is 0 Å². The van der Waals surface area contributed by atoms with Crippen LogP contribution < -0.4 is 20.1 Å². The van der Waals surface area contributed by atoms with E-state index in [0.29, 0.717) is 33.8 Å². The van der Waals surface area contributed by atoms with Crippen LogP contribution >= 0.6 is 15.9 Å². The maximum absolute atomic E-state index is 14.0. The molecule has 196 valence electrons. The molecule has 3 aromatic carbocycles. The monoisotopic (exact) mass is 581 g/mol. The van der Waals surface area contributed by atoms with Gasteiger partial charge in [0.05, 0.1) is 17.6 Å². The number of hydrogen-bond acceptors (Lipinski definition) is 5. The molecule has 0 bridgehead atoms. The lowest BCUT2D eigenvalue weighted by Crippen LogP contribution is -2.30. The molecule has 0 saturated carbocycles. The highest BCUT2D eigenvalue weighted by Crippen LogP contribution is 2.37. The summed E-state index contributed by atoms with van der Waals surface area (Å²) < 4.78 is 26.0. The van der Waals surface area contributed by atoms with E-state index in [9.17, 15) is 18.8 Å². The van der Waals surface area contributed by atoms with Crippen LogP contribution in [-0.4, -0.2) is 36.0 Å². The summed E-state index contributed by atoms with van der Waals surface area (Å²) in [5.74, 6) is -0.768. The fourth-order valence-corrected chi connectivity index (χ4v) is 4.30. The van der Waals surface area contributed by atoms with E-state index in [1.807, 2.05) is 19.1 Å². The lowest BCUT2D eigenvalue weighted by molar-refractivity contribution is -0.123. The Hall–Kier alpha value is -4.18. The van der Waals surface area contributed by atoms with Crippen molar-refractivity contribution in [1.82, 2.24) is 10.2 Å². The van der Waals surface area contributed by atoms with Gasteiger partial charge in [-0.15, -0.1) is 0 Å². The maximum atomic E-state index is 14.0. The van der Waals surface area contributed by atoms with Crippen LogP contribution in [0.3, 0.4) is 0 Å². The van der Waals surface area contributed by atoms with Gasteiger partial charge in [0.15, 0.2) is 18.1 Å². The fraction of sp³-hybridized carbons (Fsp3) is 0.179. The van der Waals surface area contributed by atoms with Crippen molar-refractivity contribution in [3.63, 3.8) is 0 Å². The van der Waals surface area contributed by atoms with Gasteiger partial charge in [-0.05, 0) is 71.7 Å². The van der Waals surface area contributed by atoms with E-state index in [0.717, 1.165) is 10.5 Å². The Morgan fingerprint density at radius 2 is 1.84 bits per heavy atom. The minimum atomic E-state index is -0.645. The zero-order chi connectivity index (χ0) is 27.2. The van der Waals surface area contributed by atoms with Crippen molar-refractivity contribution in [3.05, 3.63) is 93.3 Å². The molecule has 4 rings (SSSR count). The summed E-state index contributed by atoms with van der Waals surface area (Å²) in [6.45, 7) is 3.63. The van der Waals surface area contributed by atoms with Crippen molar-refractivity contribution >= 4 is 45.5 Å². The van der Waals surface area contributed by atoms with Gasteiger partial charge in [0, 0.05) is 11.3 Å². The molecule has 1 fully saturated rings. The van der Waals surface area contributed by atoms with Crippen LogP contribution in [0, 0.1) is 12.7 Å². The fourth-order valence-electron chi connectivity index (χ4n) is 3.72. The lowest BCUT2D eigenvalue weighted by Gasteiger charge is -2.15. The number of nitrogens with one attached hydrogen (secondary N) is 2. The van der Waals surface area contributed by atoms with E-state index < -0.39 is 17.8 Å². The lowest BCUT2D eigenvalue weighted by atomic mass is 10.1. The summed E-state index contributed by atoms with van der Waals surface area (Å²) in [4.78, 5) is 38.6. The van der Waals surface area contributed by atoms with Crippen LogP contribution in [0.1, 0.15) is 23.6 Å². The first-order valence-corrected chi connectivity index (χ1v) is 12.6. The van der Waals surface area contributed by atoms with Crippen molar-refractivity contribution in [2.45, 2.75) is 20.4 Å². The topological polar surface area (TPSA) is 97.0 Å². The molecule has 0 aromatic heterocycles. The van der Waals surface area contributed by atoms with Gasteiger partial charge >= 0.3 is 6.03 Å². The minimum Gasteiger partial charge on any atom is -0.490 e. The largest absolute Gasteiger partial charge is 0.490 e. The van der Waals surface area contributed by atoms with Gasteiger partial charge in [0.25, 0.3) is 11.8 Å².